The van der Waals surface area contributed by atoms with Crippen LogP contribution in [0.25, 0.3) is 0 Å². The largest absolute Gasteiger partial charge is 0.484 e. The number of benzene rings is 2. The average Bonchev–Trinajstić information content (AvgIpc) is 2.46. The lowest BCUT2D eigenvalue weighted by molar-refractivity contribution is 0.194. The van der Waals surface area contributed by atoms with Crippen LogP contribution in [0.15, 0.2) is 54.6 Å². The minimum atomic E-state index is -0.0721. The molecule has 4 heteroatoms. The van der Waals surface area contributed by atoms with E-state index in [-0.39, 0.29) is 6.10 Å². The van der Waals surface area contributed by atoms with E-state index in [0.717, 1.165) is 12.0 Å². The van der Waals surface area contributed by atoms with Gasteiger partial charge in [-0.3, -0.25) is 11.3 Å². The molecule has 0 saturated carbocycles. The highest BCUT2D eigenvalue weighted by atomic mass is 35.5. The highest BCUT2D eigenvalue weighted by molar-refractivity contribution is 6.32. The van der Waals surface area contributed by atoms with Gasteiger partial charge in [-0.2, -0.15) is 0 Å². The number of rotatable bonds is 6. The van der Waals surface area contributed by atoms with Gasteiger partial charge in [0.1, 0.15) is 11.9 Å². The minimum absolute atomic E-state index is 0.0721. The molecule has 0 spiro atoms. The second kappa shape index (κ2) is 7.14. The summed E-state index contributed by atoms with van der Waals surface area (Å²) in [4.78, 5) is 0. The van der Waals surface area contributed by atoms with Gasteiger partial charge in [0.2, 0.25) is 0 Å². The lowest BCUT2D eigenvalue weighted by atomic mass is 10.1. The Labute approximate surface area is 118 Å². The Morgan fingerprint density at radius 1 is 1.05 bits per heavy atom. The quantitative estimate of drug-likeness (QED) is 0.629. The number of halogens is 1. The van der Waals surface area contributed by atoms with Crippen molar-refractivity contribution in [2.24, 2.45) is 5.84 Å². The summed E-state index contributed by atoms with van der Waals surface area (Å²) < 4.78 is 6.01. The van der Waals surface area contributed by atoms with Crippen molar-refractivity contribution in [3.8, 4) is 5.75 Å². The number of hydrazine groups is 1. The third-order valence-electron chi connectivity index (χ3n) is 2.83. The number of nitrogens with two attached hydrogens (primary N) is 1. The van der Waals surface area contributed by atoms with Crippen LogP contribution in [0.5, 0.6) is 5.75 Å². The van der Waals surface area contributed by atoms with Gasteiger partial charge in [0.05, 0.1) is 5.02 Å². The van der Waals surface area contributed by atoms with Gasteiger partial charge in [-0.1, -0.05) is 54.1 Å². The molecule has 0 amide bonds. The van der Waals surface area contributed by atoms with E-state index in [1.54, 1.807) is 0 Å². The van der Waals surface area contributed by atoms with Gasteiger partial charge in [0.25, 0.3) is 0 Å². The smallest absolute Gasteiger partial charge is 0.138 e. The normalized spacial score (nSPS) is 12.1. The first kappa shape index (κ1) is 13.9. The number of ether oxygens (including phenoxy) is 1. The van der Waals surface area contributed by atoms with Crippen molar-refractivity contribution in [2.75, 3.05) is 6.54 Å². The molecular weight excluding hydrogens is 260 g/mol. The van der Waals surface area contributed by atoms with Crippen LogP contribution < -0.4 is 16.0 Å². The van der Waals surface area contributed by atoms with Crippen LogP contribution in [0, 0.1) is 0 Å². The van der Waals surface area contributed by atoms with Crippen molar-refractivity contribution in [3.63, 3.8) is 0 Å². The fraction of sp³-hybridized carbons (Fsp3) is 0.200. The molecule has 2 rings (SSSR count). The maximum atomic E-state index is 6.12. The van der Waals surface area contributed by atoms with E-state index < -0.39 is 0 Å². The zero-order chi connectivity index (χ0) is 13.5. The Bertz CT molecular complexity index is 505. The number of hydrogen-bond acceptors (Lipinski definition) is 3. The molecule has 2 aromatic rings. The molecule has 0 bridgehead atoms. The number of hydrogen-bond donors (Lipinski definition) is 2. The third kappa shape index (κ3) is 3.96. The summed E-state index contributed by atoms with van der Waals surface area (Å²) in [5.41, 5.74) is 3.76. The Kier molecular flexibility index (Phi) is 5.21. The molecule has 0 aliphatic rings. The number of nitrogens with one attached hydrogen (secondary N) is 1. The monoisotopic (exact) mass is 276 g/mol. The van der Waals surface area contributed by atoms with Crippen LogP contribution in [-0.2, 0) is 0 Å². The minimum Gasteiger partial charge on any atom is -0.484 e. The molecule has 3 nitrogen and oxygen atoms in total. The van der Waals surface area contributed by atoms with Crippen molar-refractivity contribution < 1.29 is 4.74 Å². The van der Waals surface area contributed by atoms with Crippen molar-refractivity contribution in [1.29, 1.82) is 0 Å². The summed E-state index contributed by atoms with van der Waals surface area (Å²) >= 11 is 6.12. The van der Waals surface area contributed by atoms with Gasteiger partial charge in [-0.05, 0) is 17.7 Å². The zero-order valence-corrected chi connectivity index (χ0v) is 11.3. The molecule has 0 aliphatic carbocycles. The standard InChI is InChI=1S/C15H17ClN2O/c16-13-8-4-5-9-15(13)19-14(10-11-18-17)12-6-2-1-3-7-12/h1-9,14,18H,10-11,17H2. The summed E-state index contributed by atoms with van der Waals surface area (Å²) in [6.45, 7) is 0.671. The second-order valence-electron chi connectivity index (χ2n) is 4.19. The Balaban J connectivity index is 2.17. The van der Waals surface area contributed by atoms with Crippen LogP contribution >= 0.6 is 11.6 Å². The van der Waals surface area contributed by atoms with Crippen LogP contribution in [-0.4, -0.2) is 6.54 Å². The molecular formula is C15H17ClN2O. The van der Waals surface area contributed by atoms with E-state index in [2.05, 4.69) is 5.43 Å². The molecule has 3 N–H and O–H groups in total. The van der Waals surface area contributed by atoms with Crippen molar-refractivity contribution in [3.05, 3.63) is 65.2 Å². The summed E-state index contributed by atoms with van der Waals surface area (Å²) in [6.07, 6.45) is 0.697. The third-order valence-corrected chi connectivity index (χ3v) is 3.14. The first-order chi connectivity index (χ1) is 9.31. The fourth-order valence-corrected chi connectivity index (χ4v) is 2.05. The lowest BCUT2D eigenvalue weighted by Crippen LogP contribution is -2.25. The molecule has 0 radical (unpaired) electrons. The molecule has 0 saturated heterocycles. The van der Waals surface area contributed by atoms with Crippen molar-refractivity contribution >= 4 is 11.6 Å². The Morgan fingerprint density at radius 2 is 1.74 bits per heavy atom. The molecule has 0 heterocycles. The SMILES string of the molecule is NNCCC(Oc1ccccc1Cl)c1ccccc1. The topological polar surface area (TPSA) is 47.3 Å². The predicted molar refractivity (Wildman–Crippen MR) is 78.1 cm³/mol. The molecule has 100 valence electrons. The molecule has 2 aromatic carbocycles. The first-order valence-electron chi connectivity index (χ1n) is 6.21. The first-order valence-corrected chi connectivity index (χ1v) is 6.58. The highest BCUT2D eigenvalue weighted by Gasteiger charge is 2.14. The summed E-state index contributed by atoms with van der Waals surface area (Å²) in [7, 11) is 0. The maximum Gasteiger partial charge on any atom is 0.138 e. The lowest BCUT2D eigenvalue weighted by Gasteiger charge is -2.20. The second-order valence-corrected chi connectivity index (χ2v) is 4.60. The molecule has 0 aliphatic heterocycles. The van der Waals surface area contributed by atoms with Gasteiger partial charge in [0.15, 0.2) is 0 Å². The van der Waals surface area contributed by atoms with E-state index in [1.807, 2.05) is 54.6 Å². The summed E-state index contributed by atoms with van der Waals surface area (Å²) in [6, 6.07) is 17.5. The van der Waals surface area contributed by atoms with E-state index >= 15 is 0 Å². The maximum absolute atomic E-state index is 6.12. The van der Waals surface area contributed by atoms with Crippen LogP contribution in [0.4, 0.5) is 0 Å². The van der Waals surface area contributed by atoms with Gasteiger partial charge < -0.3 is 4.74 Å². The van der Waals surface area contributed by atoms with Crippen molar-refractivity contribution in [2.45, 2.75) is 12.5 Å². The summed E-state index contributed by atoms with van der Waals surface area (Å²) in [5.74, 6) is 6.04. The zero-order valence-electron chi connectivity index (χ0n) is 10.6. The van der Waals surface area contributed by atoms with E-state index in [4.69, 9.17) is 22.2 Å². The van der Waals surface area contributed by atoms with Crippen LogP contribution in [0.2, 0.25) is 5.02 Å². The summed E-state index contributed by atoms with van der Waals surface area (Å²) in [5, 5.41) is 0.615. The van der Waals surface area contributed by atoms with Gasteiger partial charge in [-0.25, -0.2) is 0 Å². The molecule has 1 atom stereocenters. The van der Waals surface area contributed by atoms with Gasteiger partial charge in [0, 0.05) is 13.0 Å². The molecule has 1 unspecified atom stereocenters. The average molecular weight is 277 g/mol. The number of para-hydroxylation sites is 1. The van der Waals surface area contributed by atoms with E-state index in [0.29, 0.717) is 17.3 Å². The van der Waals surface area contributed by atoms with Crippen molar-refractivity contribution in [1.82, 2.24) is 5.43 Å². The Morgan fingerprint density at radius 3 is 2.42 bits per heavy atom. The van der Waals surface area contributed by atoms with Crippen LogP contribution in [0.1, 0.15) is 18.1 Å². The fourth-order valence-electron chi connectivity index (χ4n) is 1.87. The van der Waals surface area contributed by atoms with Crippen LogP contribution in [0.3, 0.4) is 0 Å². The van der Waals surface area contributed by atoms with E-state index in [1.165, 1.54) is 0 Å². The Hall–Kier alpha value is -1.55. The molecule has 19 heavy (non-hydrogen) atoms. The molecule has 0 aromatic heterocycles. The molecule has 0 fully saturated rings. The predicted octanol–water partition coefficient (Wildman–Crippen LogP) is 3.31. The van der Waals surface area contributed by atoms with Gasteiger partial charge in [-0.15, -0.1) is 0 Å². The van der Waals surface area contributed by atoms with E-state index in [9.17, 15) is 0 Å². The highest BCUT2D eigenvalue weighted by Crippen LogP contribution is 2.30. The van der Waals surface area contributed by atoms with Gasteiger partial charge >= 0.3 is 0 Å².